The minimum Gasteiger partial charge on any atom is -0.457 e. The molecule has 2 fully saturated rings. The highest BCUT2D eigenvalue weighted by Crippen LogP contribution is 2.37. The molecule has 0 N–H and O–H groups in total. The lowest BCUT2D eigenvalue weighted by molar-refractivity contribution is -0.110. The van der Waals surface area contributed by atoms with Crippen molar-refractivity contribution in [3.63, 3.8) is 0 Å². The number of ether oxygens (including phenoxy) is 1. The average molecular weight is 498 g/mol. The Kier molecular flexibility index (Phi) is 6.75. The van der Waals surface area contributed by atoms with Crippen LogP contribution in [0.2, 0.25) is 0 Å². The molecule has 3 aromatic rings. The van der Waals surface area contributed by atoms with E-state index in [1.54, 1.807) is 30.3 Å². The van der Waals surface area contributed by atoms with Crippen molar-refractivity contribution in [2.45, 2.75) is 11.3 Å². The van der Waals surface area contributed by atoms with Crippen LogP contribution in [0, 0.1) is 5.82 Å². The molecule has 0 spiro atoms. The minimum atomic E-state index is -3.67. The van der Waals surface area contributed by atoms with Crippen LogP contribution in [0.1, 0.15) is 11.6 Å². The molecule has 0 bridgehead atoms. The Morgan fingerprint density at radius 1 is 0.886 bits per heavy atom. The van der Waals surface area contributed by atoms with Gasteiger partial charge >= 0.3 is 0 Å². The first-order valence-electron chi connectivity index (χ1n) is 11.6. The molecule has 35 heavy (non-hydrogen) atoms. The molecular formula is C26H28FN3O4S. The van der Waals surface area contributed by atoms with E-state index in [1.165, 1.54) is 10.4 Å². The molecule has 0 aliphatic carbocycles. The Morgan fingerprint density at radius 2 is 1.57 bits per heavy atom. The van der Waals surface area contributed by atoms with Crippen LogP contribution in [-0.4, -0.2) is 62.9 Å². The third-order valence-corrected chi connectivity index (χ3v) is 8.78. The maximum atomic E-state index is 14.2. The van der Waals surface area contributed by atoms with Crippen molar-refractivity contribution in [1.82, 2.24) is 9.37 Å². The van der Waals surface area contributed by atoms with Gasteiger partial charge in [-0.3, -0.25) is 4.84 Å². The summed E-state index contributed by atoms with van der Waals surface area (Å²) < 4.78 is 49.1. The maximum Gasteiger partial charge on any atom is 0.221 e. The molecule has 0 saturated carbocycles. The Hall–Kier alpha value is -2.98. The zero-order chi connectivity index (χ0) is 24.4. The van der Waals surface area contributed by atoms with Gasteiger partial charge in [0.25, 0.3) is 0 Å². The van der Waals surface area contributed by atoms with E-state index in [1.807, 2.05) is 59.5 Å². The van der Waals surface area contributed by atoms with E-state index in [2.05, 4.69) is 0 Å². The van der Waals surface area contributed by atoms with Crippen molar-refractivity contribution >= 4 is 15.7 Å². The maximum absolute atomic E-state index is 14.2. The number of anilines is 1. The summed E-state index contributed by atoms with van der Waals surface area (Å²) in [4.78, 5) is 7.59. The Balaban J connectivity index is 1.33. The number of halogens is 1. The molecule has 0 amide bonds. The first-order valence-corrected chi connectivity index (χ1v) is 13.1. The number of hydrogen-bond acceptors (Lipinski definition) is 6. The highest BCUT2D eigenvalue weighted by Gasteiger charge is 2.46. The molecule has 2 aliphatic rings. The van der Waals surface area contributed by atoms with Crippen LogP contribution in [0.5, 0.6) is 11.5 Å². The van der Waals surface area contributed by atoms with E-state index >= 15 is 0 Å². The monoisotopic (exact) mass is 497 g/mol. The zero-order valence-electron chi connectivity index (χ0n) is 19.5. The smallest absolute Gasteiger partial charge is 0.221 e. The second-order valence-electron chi connectivity index (χ2n) is 8.70. The number of benzene rings is 3. The first-order chi connectivity index (χ1) is 16.9. The van der Waals surface area contributed by atoms with Gasteiger partial charge in [-0.1, -0.05) is 42.5 Å². The van der Waals surface area contributed by atoms with Crippen LogP contribution in [0.4, 0.5) is 10.1 Å². The van der Waals surface area contributed by atoms with Gasteiger partial charge in [0.2, 0.25) is 10.0 Å². The number of piperazine rings is 1. The molecule has 2 aliphatic heterocycles. The summed E-state index contributed by atoms with van der Waals surface area (Å²) in [7, 11) is -1.92. The summed E-state index contributed by atoms with van der Waals surface area (Å²) in [5.41, 5.74) is 1.30. The van der Waals surface area contributed by atoms with Crippen LogP contribution < -0.4 is 9.64 Å². The van der Waals surface area contributed by atoms with Crippen LogP contribution in [-0.2, 0) is 14.9 Å². The number of hydrogen-bond donors (Lipinski definition) is 0. The fourth-order valence-corrected chi connectivity index (χ4v) is 6.68. The quantitative estimate of drug-likeness (QED) is 0.512. The van der Waals surface area contributed by atoms with Crippen molar-refractivity contribution in [2.75, 3.05) is 44.7 Å². The van der Waals surface area contributed by atoms with Crippen LogP contribution in [0.3, 0.4) is 0 Å². The van der Waals surface area contributed by atoms with E-state index in [0.717, 1.165) is 5.56 Å². The fourth-order valence-electron chi connectivity index (χ4n) is 4.74. The third-order valence-electron chi connectivity index (χ3n) is 6.54. The summed E-state index contributed by atoms with van der Waals surface area (Å²) in [6, 6.07) is 23.0. The third kappa shape index (κ3) is 4.90. The second-order valence-corrected chi connectivity index (χ2v) is 10.8. The van der Waals surface area contributed by atoms with Gasteiger partial charge in [0.1, 0.15) is 22.6 Å². The Labute approximate surface area is 205 Å². The fraction of sp³-hybridized carbons (Fsp3) is 0.308. The highest BCUT2D eigenvalue weighted by molar-refractivity contribution is 7.89. The summed E-state index contributed by atoms with van der Waals surface area (Å²) in [5.74, 6) is 1.04. The lowest BCUT2D eigenvalue weighted by Gasteiger charge is -2.37. The van der Waals surface area contributed by atoms with Gasteiger partial charge in [-0.25, -0.2) is 12.8 Å². The number of rotatable bonds is 6. The van der Waals surface area contributed by atoms with Gasteiger partial charge in [0, 0.05) is 33.2 Å². The molecule has 5 rings (SSSR count). The lowest BCUT2D eigenvalue weighted by atomic mass is 10.0. The predicted molar refractivity (Wildman–Crippen MR) is 132 cm³/mol. The summed E-state index contributed by atoms with van der Waals surface area (Å²) in [6.07, 6.45) is 0. The van der Waals surface area contributed by atoms with Crippen LogP contribution in [0.25, 0.3) is 0 Å². The van der Waals surface area contributed by atoms with Crippen molar-refractivity contribution in [1.29, 1.82) is 0 Å². The molecule has 2 heterocycles. The molecule has 3 aromatic carbocycles. The largest absolute Gasteiger partial charge is 0.457 e. The van der Waals surface area contributed by atoms with Gasteiger partial charge in [0.05, 0.1) is 18.3 Å². The topological polar surface area (TPSA) is 62.3 Å². The Bertz CT molecular complexity index is 1270. The van der Waals surface area contributed by atoms with Gasteiger partial charge < -0.3 is 9.64 Å². The predicted octanol–water partition coefficient (Wildman–Crippen LogP) is 4.06. The lowest BCUT2D eigenvalue weighted by Crippen LogP contribution is -2.52. The van der Waals surface area contributed by atoms with Crippen molar-refractivity contribution in [3.05, 3.63) is 90.2 Å². The summed E-state index contributed by atoms with van der Waals surface area (Å²) in [6.45, 7) is 1.51. The molecule has 2 atom stereocenters. The average Bonchev–Trinajstić information content (AvgIpc) is 3.27. The van der Waals surface area contributed by atoms with Gasteiger partial charge in [-0.15, -0.1) is 0 Å². The number of nitrogens with zero attached hydrogens (tertiary/aromatic N) is 3. The summed E-state index contributed by atoms with van der Waals surface area (Å²) >= 11 is 0. The zero-order valence-corrected chi connectivity index (χ0v) is 20.3. The van der Waals surface area contributed by atoms with Gasteiger partial charge in [0.15, 0.2) is 0 Å². The van der Waals surface area contributed by atoms with Crippen LogP contribution in [0.15, 0.2) is 78.9 Å². The molecule has 0 unspecified atom stereocenters. The van der Waals surface area contributed by atoms with Crippen molar-refractivity contribution in [2.24, 2.45) is 0 Å². The molecule has 7 nitrogen and oxygen atoms in total. The van der Waals surface area contributed by atoms with Gasteiger partial charge in [-0.2, -0.15) is 9.37 Å². The van der Waals surface area contributed by atoms with Crippen LogP contribution >= 0.6 is 0 Å². The van der Waals surface area contributed by atoms with E-state index in [0.29, 0.717) is 43.4 Å². The molecular weight excluding hydrogens is 469 g/mol. The first kappa shape index (κ1) is 23.7. The van der Waals surface area contributed by atoms with E-state index in [-0.39, 0.29) is 12.4 Å². The molecule has 9 heteroatoms. The van der Waals surface area contributed by atoms with Crippen molar-refractivity contribution < 1.29 is 22.4 Å². The normalized spacial score (nSPS) is 21.8. The second kappa shape index (κ2) is 9.94. The van der Waals surface area contributed by atoms with Crippen molar-refractivity contribution in [3.8, 4) is 11.5 Å². The standard InChI is InChI=1S/C26H28FN3O4S/c1-28-26(20-8-7-11-22(18-20)34-21-9-3-2-4-10-21)25(19-33-28)35(31,32)30-16-14-29(15-17-30)24-13-6-5-12-23(24)27/h2-13,18,25-26H,14-17,19H2,1H3/t25-,26+/m0/s1. The van der Waals surface area contributed by atoms with Gasteiger partial charge in [-0.05, 0) is 42.0 Å². The SMILES string of the molecule is CN1OC[C@H](S(=O)(=O)N2CCN(c3ccccc3F)CC2)[C@H]1c1cccc(Oc2ccccc2)c1. The number of sulfonamides is 1. The van der Waals surface area contributed by atoms with E-state index < -0.39 is 21.3 Å². The minimum absolute atomic E-state index is 0.0702. The highest BCUT2D eigenvalue weighted by atomic mass is 32.2. The van der Waals surface area contributed by atoms with E-state index in [4.69, 9.17) is 9.57 Å². The molecule has 0 aromatic heterocycles. The number of hydroxylamine groups is 2. The molecule has 184 valence electrons. The molecule has 2 saturated heterocycles. The van der Waals surface area contributed by atoms with E-state index in [9.17, 15) is 12.8 Å². The molecule has 0 radical (unpaired) electrons. The Morgan fingerprint density at radius 3 is 2.31 bits per heavy atom. The summed E-state index contributed by atoms with van der Waals surface area (Å²) in [5, 5.41) is 0.846. The number of para-hydroxylation sites is 2.